The number of ether oxygens (including phenoxy) is 5. The number of nitrogen functional groups attached to an aromatic ring is 2. The quantitative estimate of drug-likeness (QED) is 0.0261. The molecule has 0 amide bonds. The summed E-state index contributed by atoms with van der Waals surface area (Å²) in [6.07, 6.45) is -18.7. The number of aliphatic hydroxyl groups excluding tert-OH is 3. The van der Waals surface area contributed by atoms with E-state index in [1.54, 1.807) is 13.8 Å². The lowest BCUT2D eigenvalue weighted by Gasteiger charge is -2.36. The van der Waals surface area contributed by atoms with Crippen LogP contribution in [0, 0.1) is 6.92 Å². The van der Waals surface area contributed by atoms with Crippen molar-refractivity contribution >= 4 is 76.5 Å². The molecule has 428 valence electrons. The highest BCUT2D eigenvalue weighted by molar-refractivity contribution is 7.65. The maximum Gasteiger partial charge on any atom is 0.313 e. The molecule has 38 nitrogen and oxygen atoms in total. The largest absolute Gasteiger partial charge is 0.778 e. The van der Waals surface area contributed by atoms with Crippen molar-refractivity contribution < 1.29 is 104 Å². The molecule has 9 heterocycles. The van der Waals surface area contributed by atoms with E-state index in [0.29, 0.717) is 0 Å². The molecule has 78 heavy (non-hydrogen) atoms. The third kappa shape index (κ3) is 11.6. The molecule has 6 aromatic heterocycles. The Morgan fingerprint density at radius 3 is 1.92 bits per heavy atom. The van der Waals surface area contributed by atoms with Gasteiger partial charge in [0.15, 0.2) is 41.1 Å². The first-order valence-corrected chi connectivity index (χ1v) is 28.8. The number of hydrogen-bond acceptors (Lipinski definition) is 31. The minimum Gasteiger partial charge on any atom is -0.778 e. The van der Waals surface area contributed by atoms with Crippen LogP contribution in [0.1, 0.15) is 38.4 Å². The summed E-state index contributed by atoms with van der Waals surface area (Å²) in [4.78, 5) is 118. The molecule has 0 aromatic carbocycles. The Labute approximate surface area is 434 Å². The highest BCUT2D eigenvalue weighted by atomic mass is 31.3. The number of aryl methyl sites for hydroxylation is 2. The van der Waals surface area contributed by atoms with E-state index in [4.69, 9.17) is 44.2 Å². The Bertz CT molecular complexity index is 3640. The van der Waals surface area contributed by atoms with Gasteiger partial charge in [0.05, 0.1) is 45.1 Å². The Hall–Kier alpha value is -5.11. The molecule has 3 saturated heterocycles. The van der Waals surface area contributed by atoms with E-state index in [0.717, 1.165) is 28.9 Å². The normalized spacial score (nSPS) is 29.9. The molecule has 0 radical (unpaired) electrons. The summed E-state index contributed by atoms with van der Waals surface area (Å²) in [5, 5.41) is 33.0. The zero-order chi connectivity index (χ0) is 56.7. The number of imidazole rings is 3. The van der Waals surface area contributed by atoms with Crippen molar-refractivity contribution in [2.75, 3.05) is 38.0 Å². The third-order valence-electron chi connectivity index (χ3n) is 12.1. The monoisotopic (exact) mass is 1180 g/mol. The lowest BCUT2D eigenvalue weighted by Crippen LogP contribution is -2.46. The number of rotatable bonds is 20. The number of aromatic nitrogens is 12. The number of nitrogens with zero attached hydrogens (tertiary/aromatic N) is 9. The number of aliphatic hydroxyl groups is 3. The lowest BCUT2D eigenvalue weighted by molar-refractivity contribution is -0.745. The van der Waals surface area contributed by atoms with Crippen LogP contribution in [-0.2, 0) is 71.2 Å². The van der Waals surface area contributed by atoms with Crippen molar-refractivity contribution in [1.82, 2.24) is 53.6 Å². The molecule has 6 aromatic rings. The van der Waals surface area contributed by atoms with Gasteiger partial charge in [0.2, 0.25) is 17.7 Å². The number of aromatic amines is 3. The van der Waals surface area contributed by atoms with Gasteiger partial charge >= 0.3 is 5.65 Å². The minimum atomic E-state index is -6.61. The zero-order valence-electron chi connectivity index (χ0n) is 40.7. The minimum absolute atomic E-state index is 0.0272. The molecule has 16 atom stereocenters. The molecule has 0 spiro atoms. The Balaban J connectivity index is 0.906. The van der Waals surface area contributed by atoms with E-state index in [1.807, 2.05) is 0 Å². The number of nitrogens with one attached hydrogen (secondary N) is 3. The number of nitrogens with two attached hydrogens (primary N) is 2. The van der Waals surface area contributed by atoms with Crippen molar-refractivity contribution in [3.63, 3.8) is 0 Å². The van der Waals surface area contributed by atoms with Crippen LogP contribution in [0.25, 0.3) is 33.5 Å². The van der Waals surface area contributed by atoms with Gasteiger partial charge in [-0.15, -0.1) is 0 Å². The van der Waals surface area contributed by atoms with Gasteiger partial charge in [-0.2, -0.15) is 4.98 Å². The number of hydrogen-bond donors (Lipinski definition) is 8. The van der Waals surface area contributed by atoms with Crippen LogP contribution in [0.2, 0.25) is 0 Å². The molecule has 9 rings (SSSR count). The molecule has 0 bridgehead atoms. The average Bonchev–Trinajstić information content (AvgIpc) is 4.28. The number of anilines is 2. The summed E-state index contributed by atoms with van der Waals surface area (Å²) in [6.45, 7) is 1.98. The standard InChI is InChI=1S/C36H50N14O24P4/c1-12(2)68-23-16(71-33(22(23)53)48-9-39-17-26(48)41-13(3)42-29(17)54)8-75(57,58)72-24-15(70-34(25(24)65-5)49-10-40-18-27(49)43-35(37)45-30(18)55)7-67-77(61,62)74-78(63,64)73-76(59,60)66-6-14-20(51)21(52)32(69-14)50-11-47(4)19-28(50)44-36(38)46-31(19)56/h9-12,14-16,20-25,32-34,51-53H,6-8H2,1-5H3,(H10-,37,38,41,42,43,44,45,46,54,55,56,57,58,59,60,61,62,63,64)/p-3/t14-,15-,16-,20?,21+,22+,23?,24?,25+,32-,33-,34-/m1/s1. The van der Waals surface area contributed by atoms with Gasteiger partial charge in [-0.3, -0.25) is 51.7 Å². The van der Waals surface area contributed by atoms with Crippen LogP contribution in [0.3, 0.4) is 0 Å². The van der Waals surface area contributed by atoms with Gasteiger partial charge in [-0.05, 0) is 20.8 Å². The molecular formula is C36H47N14O24P4-3. The van der Waals surface area contributed by atoms with Crippen LogP contribution in [0.5, 0.6) is 0 Å². The van der Waals surface area contributed by atoms with Gasteiger partial charge in [0, 0.05) is 13.3 Å². The summed E-state index contributed by atoms with van der Waals surface area (Å²) >= 11 is 0. The molecule has 3 fully saturated rings. The molecule has 3 aliphatic rings. The summed E-state index contributed by atoms with van der Waals surface area (Å²) < 4.78 is 110. The Morgan fingerprint density at radius 2 is 1.29 bits per heavy atom. The molecule has 7 unspecified atom stereocenters. The highest BCUT2D eigenvalue weighted by Gasteiger charge is 2.53. The average molecular weight is 1180 g/mol. The van der Waals surface area contributed by atoms with E-state index >= 15 is 0 Å². The molecule has 42 heteroatoms. The number of phosphoric ester groups is 2. The second kappa shape index (κ2) is 21.4. The van der Waals surface area contributed by atoms with Gasteiger partial charge in [0.25, 0.3) is 46.1 Å². The summed E-state index contributed by atoms with van der Waals surface area (Å²) in [5.74, 6) is -0.567. The van der Waals surface area contributed by atoms with E-state index in [-0.39, 0.29) is 45.3 Å². The first-order valence-electron chi connectivity index (χ1n) is 22.7. The van der Waals surface area contributed by atoms with Crippen LogP contribution in [0.15, 0.2) is 33.4 Å². The topological polar surface area (TPSA) is 547 Å². The van der Waals surface area contributed by atoms with Crippen molar-refractivity contribution in [1.29, 1.82) is 0 Å². The fourth-order valence-electron chi connectivity index (χ4n) is 9.01. The second-order valence-corrected chi connectivity index (χ2v) is 24.3. The number of fused-ring (bicyclic) bond motifs is 3. The number of H-pyrrole nitrogens is 3. The van der Waals surface area contributed by atoms with E-state index in [9.17, 15) is 67.5 Å². The van der Waals surface area contributed by atoms with Gasteiger partial charge in [-0.1, -0.05) is 4.98 Å². The predicted molar refractivity (Wildman–Crippen MR) is 246 cm³/mol. The first-order chi connectivity index (χ1) is 36.5. The van der Waals surface area contributed by atoms with E-state index in [1.165, 1.54) is 29.4 Å². The first kappa shape index (κ1) is 57.6. The van der Waals surface area contributed by atoms with Crippen molar-refractivity contribution in [3.05, 3.63) is 55.9 Å². The summed E-state index contributed by atoms with van der Waals surface area (Å²) in [6, 6.07) is 0. The van der Waals surface area contributed by atoms with Gasteiger partial charge in [0.1, 0.15) is 62.3 Å². The van der Waals surface area contributed by atoms with Crippen LogP contribution in [-0.4, -0.2) is 156 Å². The Morgan fingerprint density at radius 1 is 0.731 bits per heavy atom. The van der Waals surface area contributed by atoms with Crippen LogP contribution in [0.4, 0.5) is 11.9 Å². The predicted octanol–water partition coefficient (Wildman–Crippen LogP) is -5.72. The number of phosphoric acid groups is 3. The second-order valence-electron chi connectivity index (χ2n) is 18.0. The fourth-order valence-corrected chi connectivity index (χ4v) is 13.8. The highest BCUT2D eigenvalue weighted by Crippen LogP contribution is 2.63. The maximum atomic E-state index is 14.2. The van der Waals surface area contributed by atoms with Gasteiger partial charge in [-0.25, -0.2) is 28.1 Å². The summed E-state index contributed by atoms with van der Waals surface area (Å²) in [5.41, 5.74) is 8.38. The molecule has 0 saturated carbocycles. The maximum absolute atomic E-state index is 14.2. The number of methoxy groups -OCH3 is 1. The smallest absolute Gasteiger partial charge is 0.313 e. The van der Waals surface area contributed by atoms with Crippen molar-refractivity contribution in [2.45, 2.75) is 100 Å². The molecule has 10 N–H and O–H groups in total. The molecule has 0 aliphatic carbocycles. The lowest BCUT2D eigenvalue weighted by atomic mass is 10.1. The summed E-state index contributed by atoms with van der Waals surface area (Å²) in [7, 11) is -22.1. The van der Waals surface area contributed by atoms with E-state index < -0.39 is 153 Å². The van der Waals surface area contributed by atoms with E-state index in [2.05, 4.69) is 53.0 Å². The van der Waals surface area contributed by atoms with Crippen molar-refractivity contribution in [3.8, 4) is 0 Å². The van der Waals surface area contributed by atoms with Gasteiger partial charge < -0.3 is 93.2 Å². The van der Waals surface area contributed by atoms with Crippen LogP contribution < -0.4 is 52.3 Å². The SMILES string of the molecule is CO[C@H]1C(OP(=O)([O-])C[C@H]2O[C@@H](n3cnc4c(=O)[nH]c(C)nc43)[C@@H](O)C2OC(C)C)[C@@H](COP(=O)([O-])OP(=O)([O-])OP(=O)([O-])OC[C@H]2O[C@@H]([n+]3cn(C)c4c(=O)[nH]c(N)nc43)[C@@H](O)C2O)O[C@H]1n1cnc2c(=O)[nH]c(N)nc21. The Kier molecular flexibility index (Phi) is 15.8. The molecular weight excluding hydrogens is 1140 g/mol. The van der Waals surface area contributed by atoms with Crippen molar-refractivity contribution in [2.24, 2.45) is 7.05 Å². The third-order valence-corrected chi connectivity index (χ3v) is 17.6. The molecule has 3 aliphatic heterocycles. The van der Waals surface area contributed by atoms with Crippen LogP contribution >= 0.6 is 31.1 Å². The fraction of sp³-hybridized carbons (Fsp3) is 0.583. The zero-order valence-corrected chi connectivity index (χ0v) is 44.3.